The number of benzene rings is 1. The fourth-order valence-corrected chi connectivity index (χ4v) is 4.52. The van der Waals surface area contributed by atoms with E-state index in [4.69, 9.17) is 27.9 Å². The molecule has 130 valence electrons. The van der Waals surface area contributed by atoms with Crippen molar-refractivity contribution in [1.29, 1.82) is 0 Å². The Balaban J connectivity index is 1.84. The standard InChI is InChI=1S/C15H22Cl2N2O3S/c1-11-9-19(10-12(2)22-11)23(20,21)7-6-18-8-13-4-3-5-14(16)15(13)17/h3-5,11-12,18H,6-10H2,1-2H3/t11-,12-/m0/s1. The zero-order chi connectivity index (χ0) is 17.0. The summed E-state index contributed by atoms with van der Waals surface area (Å²) in [6.07, 6.45) is -0.154. The van der Waals surface area contributed by atoms with Gasteiger partial charge in [0.15, 0.2) is 0 Å². The topological polar surface area (TPSA) is 58.6 Å². The lowest BCUT2D eigenvalue weighted by Crippen LogP contribution is -2.49. The second kappa shape index (κ2) is 8.14. The fraction of sp³-hybridized carbons (Fsp3) is 0.600. The minimum atomic E-state index is -3.29. The number of halogens is 2. The van der Waals surface area contributed by atoms with Crippen molar-refractivity contribution in [2.45, 2.75) is 32.6 Å². The molecule has 23 heavy (non-hydrogen) atoms. The normalized spacial score (nSPS) is 23.1. The van der Waals surface area contributed by atoms with Gasteiger partial charge in [-0.3, -0.25) is 0 Å². The molecule has 1 saturated heterocycles. The van der Waals surface area contributed by atoms with Gasteiger partial charge in [0.25, 0.3) is 0 Å². The van der Waals surface area contributed by atoms with E-state index in [1.807, 2.05) is 26.0 Å². The van der Waals surface area contributed by atoms with Crippen molar-refractivity contribution in [2.75, 3.05) is 25.4 Å². The first-order valence-corrected chi connectivity index (χ1v) is 9.93. The Morgan fingerprint density at radius 3 is 2.57 bits per heavy atom. The van der Waals surface area contributed by atoms with Crippen LogP contribution in [0, 0.1) is 0 Å². The maximum absolute atomic E-state index is 12.4. The maximum atomic E-state index is 12.4. The summed E-state index contributed by atoms with van der Waals surface area (Å²) in [5, 5.41) is 4.10. The molecule has 1 aromatic carbocycles. The highest BCUT2D eigenvalue weighted by Gasteiger charge is 2.30. The molecular weight excluding hydrogens is 359 g/mol. The summed E-state index contributed by atoms with van der Waals surface area (Å²) in [6, 6.07) is 5.40. The molecule has 1 heterocycles. The van der Waals surface area contributed by atoms with Crippen LogP contribution in [0.25, 0.3) is 0 Å². The molecule has 0 amide bonds. The SMILES string of the molecule is C[C@H]1CN(S(=O)(=O)CCNCc2cccc(Cl)c2Cl)C[C@H](C)O1. The third-order valence-electron chi connectivity index (χ3n) is 3.66. The molecule has 0 spiro atoms. The Bertz CT molecular complexity index is 630. The van der Waals surface area contributed by atoms with Gasteiger partial charge in [-0.05, 0) is 25.5 Å². The molecule has 0 aliphatic carbocycles. The van der Waals surface area contributed by atoms with Crippen LogP contribution in [0.5, 0.6) is 0 Å². The van der Waals surface area contributed by atoms with Crippen LogP contribution in [-0.4, -0.2) is 50.3 Å². The monoisotopic (exact) mass is 380 g/mol. The smallest absolute Gasteiger partial charge is 0.215 e. The number of sulfonamides is 1. The average Bonchev–Trinajstić information content (AvgIpc) is 2.47. The van der Waals surface area contributed by atoms with Gasteiger partial charge < -0.3 is 10.1 Å². The van der Waals surface area contributed by atoms with Crippen LogP contribution in [-0.2, 0) is 21.3 Å². The number of nitrogens with one attached hydrogen (secondary N) is 1. The lowest BCUT2D eigenvalue weighted by molar-refractivity contribution is -0.0440. The molecule has 1 N–H and O–H groups in total. The Morgan fingerprint density at radius 1 is 1.26 bits per heavy atom. The van der Waals surface area contributed by atoms with Gasteiger partial charge in [0.05, 0.1) is 28.0 Å². The molecule has 2 rings (SSSR count). The predicted molar refractivity (Wildman–Crippen MR) is 93.5 cm³/mol. The molecule has 1 aliphatic heterocycles. The summed E-state index contributed by atoms with van der Waals surface area (Å²) >= 11 is 12.1. The number of hydrogen-bond acceptors (Lipinski definition) is 4. The van der Waals surface area contributed by atoms with Gasteiger partial charge in [0.2, 0.25) is 10.0 Å². The first-order valence-electron chi connectivity index (χ1n) is 7.56. The Morgan fingerprint density at radius 2 is 1.91 bits per heavy atom. The van der Waals surface area contributed by atoms with Crippen LogP contribution < -0.4 is 5.32 Å². The lowest BCUT2D eigenvalue weighted by Gasteiger charge is -2.34. The van der Waals surface area contributed by atoms with Crippen molar-refractivity contribution < 1.29 is 13.2 Å². The Hall–Kier alpha value is -0.370. The van der Waals surface area contributed by atoms with Crippen molar-refractivity contribution in [3.8, 4) is 0 Å². The van der Waals surface area contributed by atoms with Gasteiger partial charge in [0, 0.05) is 26.2 Å². The molecule has 8 heteroatoms. The molecule has 0 saturated carbocycles. The molecule has 1 fully saturated rings. The molecule has 2 atom stereocenters. The van der Waals surface area contributed by atoms with E-state index in [0.29, 0.717) is 36.2 Å². The van der Waals surface area contributed by atoms with E-state index >= 15 is 0 Å². The average molecular weight is 381 g/mol. The number of morpholine rings is 1. The number of ether oxygens (including phenoxy) is 1. The van der Waals surface area contributed by atoms with Gasteiger partial charge >= 0.3 is 0 Å². The van der Waals surface area contributed by atoms with Crippen LogP contribution in [0.3, 0.4) is 0 Å². The Kier molecular flexibility index (Phi) is 6.71. The molecular formula is C15H22Cl2N2O3S. The van der Waals surface area contributed by atoms with E-state index in [2.05, 4.69) is 5.32 Å². The predicted octanol–water partition coefficient (Wildman–Crippen LogP) is 2.52. The number of nitrogens with zero attached hydrogens (tertiary/aromatic N) is 1. The highest BCUT2D eigenvalue weighted by Crippen LogP contribution is 2.25. The first kappa shape index (κ1) is 19.0. The molecule has 1 aromatic rings. The van der Waals surface area contributed by atoms with Crippen LogP contribution >= 0.6 is 23.2 Å². The van der Waals surface area contributed by atoms with Crippen molar-refractivity contribution in [2.24, 2.45) is 0 Å². The minimum absolute atomic E-state index is 0.0463. The second-order valence-electron chi connectivity index (χ2n) is 5.78. The summed E-state index contributed by atoms with van der Waals surface area (Å²) in [7, 11) is -3.29. The van der Waals surface area contributed by atoms with Crippen LogP contribution in [0.4, 0.5) is 0 Å². The van der Waals surface area contributed by atoms with Crippen LogP contribution in [0.1, 0.15) is 19.4 Å². The van der Waals surface area contributed by atoms with Gasteiger partial charge in [-0.1, -0.05) is 35.3 Å². The molecule has 0 unspecified atom stereocenters. The van der Waals surface area contributed by atoms with Crippen molar-refractivity contribution in [3.05, 3.63) is 33.8 Å². The van der Waals surface area contributed by atoms with Gasteiger partial charge in [-0.25, -0.2) is 8.42 Å². The number of rotatable bonds is 6. The van der Waals surface area contributed by atoms with E-state index in [1.165, 1.54) is 4.31 Å². The zero-order valence-electron chi connectivity index (χ0n) is 13.3. The van der Waals surface area contributed by atoms with Gasteiger partial charge in [0.1, 0.15) is 0 Å². The van der Waals surface area contributed by atoms with Crippen LogP contribution in [0.15, 0.2) is 18.2 Å². The third kappa shape index (κ3) is 5.31. The van der Waals surface area contributed by atoms with E-state index < -0.39 is 10.0 Å². The molecule has 0 bridgehead atoms. The largest absolute Gasteiger partial charge is 0.373 e. The third-order valence-corrected chi connectivity index (χ3v) is 6.33. The summed E-state index contributed by atoms with van der Waals surface area (Å²) in [5.74, 6) is 0.0463. The highest BCUT2D eigenvalue weighted by atomic mass is 35.5. The van der Waals surface area contributed by atoms with Gasteiger partial charge in [-0.2, -0.15) is 4.31 Å². The van der Waals surface area contributed by atoms with Gasteiger partial charge in [-0.15, -0.1) is 0 Å². The Labute approximate surface area is 148 Å². The minimum Gasteiger partial charge on any atom is -0.373 e. The molecule has 0 aromatic heterocycles. The lowest BCUT2D eigenvalue weighted by atomic mass is 10.2. The maximum Gasteiger partial charge on any atom is 0.215 e. The number of hydrogen-bond donors (Lipinski definition) is 1. The van der Waals surface area contributed by atoms with E-state index in [9.17, 15) is 8.42 Å². The fourth-order valence-electron chi connectivity index (χ4n) is 2.60. The zero-order valence-corrected chi connectivity index (χ0v) is 15.6. The van der Waals surface area contributed by atoms with Crippen LogP contribution in [0.2, 0.25) is 10.0 Å². The summed E-state index contributed by atoms with van der Waals surface area (Å²) in [5.41, 5.74) is 0.852. The summed E-state index contributed by atoms with van der Waals surface area (Å²) in [6.45, 7) is 5.42. The summed E-state index contributed by atoms with van der Waals surface area (Å²) < 4.78 is 31.9. The first-order chi connectivity index (χ1) is 10.8. The van der Waals surface area contributed by atoms with E-state index in [1.54, 1.807) is 6.07 Å². The second-order valence-corrected chi connectivity index (χ2v) is 8.65. The quantitative estimate of drug-likeness (QED) is 0.770. The van der Waals surface area contributed by atoms with Crippen molar-refractivity contribution in [3.63, 3.8) is 0 Å². The molecule has 5 nitrogen and oxygen atoms in total. The van der Waals surface area contributed by atoms with E-state index in [0.717, 1.165) is 5.56 Å². The van der Waals surface area contributed by atoms with E-state index in [-0.39, 0.29) is 18.0 Å². The molecule has 1 aliphatic rings. The summed E-state index contributed by atoms with van der Waals surface area (Å²) in [4.78, 5) is 0. The van der Waals surface area contributed by atoms with Crippen molar-refractivity contribution >= 4 is 33.2 Å². The van der Waals surface area contributed by atoms with Crippen molar-refractivity contribution in [1.82, 2.24) is 9.62 Å². The molecule has 0 radical (unpaired) electrons. The highest BCUT2D eigenvalue weighted by molar-refractivity contribution is 7.89.